The lowest BCUT2D eigenvalue weighted by Crippen LogP contribution is -2.55. The fourth-order valence-corrected chi connectivity index (χ4v) is 3.60. The van der Waals surface area contributed by atoms with Gasteiger partial charge in [0.25, 0.3) is 5.91 Å². The zero-order valence-corrected chi connectivity index (χ0v) is 12.5. The van der Waals surface area contributed by atoms with Gasteiger partial charge in [-0.3, -0.25) is 14.7 Å². The molecular weight excluding hydrogens is 286 g/mol. The van der Waals surface area contributed by atoms with Gasteiger partial charge in [0, 0.05) is 38.0 Å². The fourth-order valence-electron chi connectivity index (χ4n) is 3.60. The Morgan fingerprint density at radius 3 is 3.00 bits per heavy atom. The summed E-state index contributed by atoms with van der Waals surface area (Å²) < 4.78 is 0. The monoisotopic (exact) mass is 307 g/mol. The number of H-pyrrole nitrogens is 1. The smallest absolute Gasteiger partial charge is 0.291 e. The number of rotatable bonds is 3. The van der Waals surface area contributed by atoms with Gasteiger partial charge in [-0.05, 0) is 19.3 Å². The highest BCUT2D eigenvalue weighted by Crippen LogP contribution is 2.39. The van der Waals surface area contributed by atoms with Crippen LogP contribution < -0.4 is 0 Å². The molecule has 8 nitrogen and oxygen atoms in total. The molecule has 0 aliphatic carbocycles. The minimum atomic E-state index is -0.137. The van der Waals surface area contributed by atoms with Crippen LogP contribution in [0.4, 0.5) is 0 Å². The molecule has 2 N–H and O–H groups in total. The van der Waals surface area contributed by atoms with Crippen molar-refractivity contribution in [2.24, 2.45) is 5.41 Å². The Morgan fingerprint density at radius 1 is 1.41 bits per heavy atom. The Labute approximate surface area is 128 Å². The summed E-state index contributed by atoms with van der Waals surface area (Å²) in [4.78, 5) is 31.8. The van der Waals surface area contributed by atoms with E-state index in [0.29, 0.717) is 32.6 Å². The summed E-state index contributed by atoms with van der Waals surface area (Å²) in [7, 11) is 0. The van der Waals surface area contributed by atoms with Crippen molar-refractivity contribution in [3.8, 4) is 0 Å². The number of likely N-dealkylation sites (tertiary alicyclic amines) is 2. The molecular formula is C14H21N5O3. The molecule has 1 aromatic rings. The molecule has 0 bridgehead atoms. The number of carbonyl (C=O) groups excluding carboxylic acids is 2. The maximum atomic E-state index is 12.4. The average Bonchev–Trinajstić information content (AvgIpc) is 3.05. The van der Waals surface area contributed by atoms with Gasteiger partial charge < -0.3 is 14.9 Å². The van der Waals surface area contributed by atoms with E-state index in [9.17, 15) is 9.59 Å². The van der Waals surface area contributed by atoms with Crippen LogP contribution in [0.3, 0.4) is 0 Å². The number of nitrogens with one attached hydrogen (secondary N) is 1. The lowest BCUT2D eigenvalue weighted by molar-refractivity contribution is -0.139. The van der Waals surface area contributed by atoms with Gasteiger partial charge in [-0.1, -0.05) is 0 Å². The molecule has 3 heterocycles. The number of aliphatic hydroxyl groups is 1. The number of piperidine rings is 2. The number of aliphatic hydroxyl groups excluding tert-OH is 1. The number of aromatic nitrogens is 3. The van der Waals surface area contributed by atoms with Gasteiger partial charge in [0.2, 0.25) is 11.7 Å². The molecule has 2 fully saturated rings. The normalized spacial score (nSPS) is 25.8. The second kappa shape index (κ2) is 6.04. The number of aromatic amines is 1. The zero-order chi connectivity index (χ0) is 15.6. The predicted octanol–water partition coefficient (Wildman–Crippen LogP) is -0.358. The van der Waals surface area contributed by atoms with Crippen molar-refractivity contribution in [3.05, 3.63) is 12.2 Å². The number of hydrogen-bond donors (Lipinski definition) is 2. The van der Waals surface area contributed by atoms with E-state index in [4.69, 9.17) is 5.11 Å². The van der Waals surface area contributed by atoms with Gasteiger partial charge in [0.15, 0.2) is 0 Å². The van der Waals surface area contributed by atoms with Gasteiger partial charge in [-0.15, -0.1) is 0 Å². The van der Waals surface area contributed by atoms with Gasteiger partial charge in [-0.2, -0.15) is 5.10 Å². The summed E-state index contributed by atoms with van der Waals surface area (Å²) in [5.41, 5.74) is -0.0585. The number of nitrogens with zero attached hydrogens (tertiary/aromatic N) is 4. The van der Waals surface area contributed by atoms with Gasteiger partial charge in [-0.25, -0.2) is 4.98 Å². The van der Waals surface area contributed by atoms with Crippen molar-refractivity contribution in [1.29, 1.82) is 0 Å². The van der Waals surface area contributed by atoms with Crippen LogP contribution in [0.15, 0.2) is 6.33 Å². The first kappa shape index (κ1) is 15.0. The van der Waals surface area contributed by atoms with Gasteiger partial charge >= 0.3 is 0 Å². The van der Waals surface area contributed by atoms with E-state index in [0.717, 1.165) is 19.3 Å². The van der Waals surface area contributed by atoms with Crippen molar-refractivity contribution in [2.75, 3.05) is 32.8 Å². The molecule has 3 rings (SSSR count). The molecule has 0 aromatic carbocycles. The molecule has 0 radical (unpaired) electrons. The zero-order valence-electron chi connectivity index (χ0n) is 12.5. The minimum absolute atomic E-state index is 0.0253. The largest absolute Gasteiger partial charge is 0.395 e. The highest BCUT2D eigenvalue weighted by atomic mass is 16.3. The third-order valence-electron chi connectivity index (χ3n) is 4.68. The quantitative estimate of drug-likeness (QED) is 0.794. The van der Waals surface area contributed by atoms with E-state index in [1.807, 2.05) is 0 Å². The Balaban J connectivity index is 1.72. The third-order valence-corrected chi connectivity index (χ3v) is 4.68. The first-order valence-electron chi connectivity index (χ1n) is 7.67. The summed E-state index contributed by atoms with van der Waals surface area (Å²) >= 11 is 0. The highest BCUT2D eigenvalue weighted by molar-refractivity contribution is 5.90. The van der Waals surface area contributed by atoms with Crippen molar-refractivity contribution in [2.45, 2.75) is 25.7 Å². The maximum Gasteiger partial charge on any atom is 0.291 e. The summed E-state index contributed by atoms with van der Waals surface area (Å²) in [6.45, 7) is 2.29. The summed E-state index contributed by atoms with van der Waals surface area (Å²) in [6.07, 6.45) is 4.54. The maximum absolute atomic E-state index is 12.4. The SMILES string of the molecule is O=C1CCC2(CCCN(C(=O)c3ncn[nH]3)C2)CN1CCO. The van der Waals surface area contributed by atoms with E-state index in [2.05, 4.69) is 15.2 Å². The van der Waals surface area contributed by atoms with E-state index in [1.165, 1.54) is 6.33 Å². The number of carbonyl (C=O) groups is 2. The molecule has 2 aliphatic rings. The molecule has 8 heteroatoms. The van der Waals surface area contributed by atoms with Crippen molar-refractivity contribution >= 4 is 11.8 Å². The molecule has 1 atom stereocenters. The second-order valence-corrected chi connectivity index (χ2v) is 6.20. The molecule has 1 spiro atoms. The predicted molar refractivity (Wildman–Crippen MR) is 76.9 cm³/mol. The average molecular weight is 307 g/mol. The van der Waals surface area contributed by atoms with Crippen molar-refractivity contribution in [1.82, 2.24) is 25.0 Å². The van der Waals surface area contributed by atoms with Crippen LogP contribution in [0, 0.1) is 5.41 Å². The van der Waals surface area contributed by atoms with Gasteiger partial charge in [0.05, 0.1) is 6.61 Å². The summed E-state index contributed by atoms with van der Waals surface area (Å²) in [5, 5.41) is 15.4. The summed E-state index contributed by atoms with van der Waals surface area (Å²) in [5.74, 6) is 0.219. The van der Waals surface area contributed by atoms with Crippen LogP contribution in [0.5, 0.6) is 0 Å². The van der Waals surface area contributed by atoms with Crippen molar-refractivity contribution in [3.63, 3.8) is 0 Å². The Bertz CT molecular complexity index is 547. The van der Waals surface area contributed by atoms with Crippen molar-refractivity contribution < 1.29 is 14.7 Å². The van der Waals surface area contributed by atoms with Crippen LogP contribution in [-0.4, -0.2) is 74.7 Å². The van der Waals surface area contributed by atoms with E-state index < -0.39 is 0 Å². The van der Waals surface area contributed by atoms with E-state index in [1.54, 1.807) is 9.80 Å². The molecule has 1 aromatic heterocycles. The van der Waals surface area contributed by atoms with Gasteiger partial charge in [0.1, 0.15) is 6.33 Å². The molecule has 2 amide bonds. The summed E-state index contributed by atoms with van der Waals surface area (Å²) in [6, 6.07) is 0. The van der Waals surface area contributed by atoms with Crippen LogP contribution in [0.25, 0.3) is 0 Å². The first-order chi connectivity index (χ1) is 10.6. The molecule has 2 aliphatic heterocycles. The number of hydrogen-bond acceptors (Lipinski definition) is 5. The van der Waals surface area contributed by atoms with Crippen LogP contribution in [0.2, 0.25) is 0 Å². The Hall–Kier alpha value is -1.96. The highest BCUT2D eigenvalue weighted by Gasteiger charge is 2.42. The van der Waals surface area contributed by atoms with E-state index >= 15 is 0 Å². The molecule has 22 heavy (non-hydrogen) atoms. The Kier molecular flexibility index (Phi) is 4.10. The number of amides is 2. The lowest BCUT2D eigenvalue weighted by Gasteiger charge is -2.48. The topological polar surface area (TPSA) is 102 Å². The number of β-amino-alcohol motifs (C(OH)–C–C–N with tert-alkyl or cyclic N) is 1. The van der Waals surface area contributed by atoms with Crippen LogP contribution >= 0.6 is 0 Å². The Morgan fingerprint density at radius 2 is 2.27 bits per heavy atom. The van der Waals surface area contributed by atoms with Crippen LogP contribution in [0.1, 0.15) is 36.3 Å². The van der Waals surface area contributed by atoms with E-state index in [-0.39, 0.29) is 29.7 Å². The fraction of sp³-hybridized carbons (Fsp3) is 0.714. The second-order valence-electron chi connectivity index (χ2n) is 6.20. The molecule has 120 valence electrons. The molecule has 2 saturated heterocycles. The molecule has 0 saturated carbocycles. The minimum Gasteiger partial charge on any atom is -0.395 e. The molecule has 1 unspecified atom stereocenters. The third kappa shape index (κ3) is 2.83. The standard InChI is InChI=1S/C14H21N5O3/c20-7-6-18-8-14(4-2-11(18)21)3-1-5-19(9-14)13(22)12-15-10-16-17-12/h10,20H,1-9H2,(H,15,16,17). The first-order valence-corrected chi connectivity index (χ1v) is 7.67. The van der Waals surface area contributed by atoms with Crippen LogP contribution in [-0.2, 0) is 4.79 Å². The lowest BCUT2D eigenvalue weighted by atomic mass is 9.73.